The maximum absolute atomic E-state index is 13.2. The molecule has 2 N–H and O–H groups in total. The number of aliphatic hydroxyl groups excluding tert-OH is 1. The molecule has 0 spiro atoms. The van der Waals surface area contributed by atoms with Crippen molar-refractivity contribution in [2.24, 2.45) is 0 Å². The van der Waals surface area contributed by atoms with Gasteiger partial charge in [-0.25, -0.2) is 0 Å². The lowest BCUT2D eigenvalue weighted by Gasteiger charge is -2.25. The van der Waals surface area contributed by atoms with Gasteiger partial charge in [0.15, 0.2) is 11.5 Å². The van der Waals surface area contributed by atoms with E-state index in [2.05, 4.69) is 0 Å². The summed E-state index contributed by atoms with van der Waals surface area (Å²) in [7, 11) is 2.96. The summed E-state index contributed by atoms with van der Waals surface area (Å²) in [6, 6.07) is 17.4. The van der Waals surface area contributed by atoms with E-state index in [4.69, 9.17) is 21.1 Å². The van der Waals surface area contributed by atoms with Crippen LogP contribution in [0, 0.1) is 0 Å². The van der Waals surface area contributed by atoms with E-state index in [1.54, 1.807) is 42.5 Å². The van der Waals surface area contributed by atoms with Crippen LogP contribution in [0.15, 0.2) is 72.3 Å². The average molecular weight is 494 g/mol. The number of ether oxygens (including phenoxy) is 2. The van der Waals surface area contributed by atoms with Gasteiger partial charge in [0.25, 0.3) is 11.7 Å². The number of phenols is 1. The number of ketones is 1. The molecule has 1 aliphatic heterocycles. The van der Waals surface area contributed by atoms with Crippen molar-refractivity contribution in [3.05, 3.63) is 94.0 Å². The van der Waals surface area contributed by atoms with Crippen LogP contribution >= 0.6 is 11.6 Å². The van der Waals surface area contributed by atoms with Crippen molar-refractivity contribution in [3.8, 4) is 17.2 Å². The van der Waals surface area contributed by atoms with Gasteiger partial charge in [0.05, 0.1) is 25.8 Å². The summed E-state index contributed by atoms with van der Waals surface area (Å²) in [5.74, 6) is -0.939. The molecule has 1 heterocycles. The monoisotopic (exact) mass is 493 g/mol. The smallest absolute Gasteiger partial charge is 0.295 e. The van der Waals surface area contributed by atoms with Crippen LogP contribution in [0.25, 0.3) is 5.76 Å². The number of aromatic hydroxyl groups is 1. The van der Waals surface area contributed by atoms with Crippen molar-refractivity contribution < 1.29 is 29.3 Å². The second kappa shape index (κ2) is 10.1. The number of aliphatic hydroxyl groups is 1. The van der Waals surface area contributed by atoms with Crippen LogP contribution in [-0.4, -0.2) is 47.6 Å². The Balaban J connectivity index is 1.78. The minimum absolute atomic E-state index is 0.0379. The van der Waals surface area contributed by atoms with E-state index < -0.39 is 17.7 Å². The summed E-state index contributed by atoms with van der Waals surface area (Å²) in [5.41, 5.74) is 1.80. The Morgan fingerprint density at radius 1 is 0.943 bits per heavy atom. The van der Waals surface area contributed by atoms with Crippen LogP contribution in [-0.2, 0) is 16.0 Å². The van der Waals surface area contributed by atoms with Crippen molar-refractivity contribution in [2.75, 3.05) is 20.8 Å². The Hall–Kier alpha value is -3.97. The zero-order chi connectivity index (χ0) is 25.1. The second-order valence-corrected chi connectivity index (χ2v) is 8.47. The van der Waals surface area contributed by atoms with E-state index in [9.17, 15) is 19.8 Å². The molecule has 1 unspecified atom stereocenters. The number of rotatable bonds is 7. The van der Waals surface area contributed by atoms with Gasteiger partial charge in [-0.05, 0) is 60.0 Å². The van der Waals surface area contributed by atoms with Gasteiger partial charge in [-0.3, -0.25) is 9.59 Å². The first kappa shape index (κ1) is 24.2. The third kappa shape index (κ3) is 4.81. The van der Waals surface area contributed by atoms with Gasteiger partial charge in [-0.1, -0.05) is 35.9 Å². The molecule has 7 nitrogen and oxygen atoms in total. The molecule has 0 aromatic heterocycles. The van der Waals surface area contributed by atoms with Gasteiger partial charge in [0, 0.05) is 17.1 Å². The van der Waals surface area contributed by atoms with E-state index in [1.807, 2.05) is 12.1 Å². The first-order valence-electron chi connectivity index (χ1n) is 10.9. The van der Waals surface area contributed by atoms with Crippen LogP contribution in [0.5, 0.6) is 17.2 Å². The van der Waals surface area contributed by atoms with Gasteiger partial charge in [0.2, 0.25) is 0 Å². The molecule has 0 saturated carbocycles. The quantitative estimate of drug-likeness (QED) is 0.281. The number of carbonyl (C=O) groups is 2. The molecule has 8 heteroatoms. The summed E-state index contributed by atoms with van der Waals surface area (Å²) >= 11 is 5.97. The fourth-order valence-electron chi connectivity index (χ4n) is 4.15. The highest BCUT2D eigenvalue weighted by Crippen LogP contribution is 2.41. The molecule has 3 aromatic carbocycles. The number of phenolic OH excluding ortho intramolecular Hbond substituents is 1. The molecule has 3 aromatic rings. The molecule has 1 fully saturated rings. The average Bonchev–Trinajstić information content (AvgIpc) is 3.12. The van der Waals surface area contributed by atoms with Crippen molar-refractivity contribution in [3.63, 3.8) is 0 Å². The molecule has 0 bridgehead atoms. The third-order valence-electron chi connectivity index (χ3n) is 5.96. The number of benzene rings is 3. The van der Waals surface area contributed by atoms with Crippen LogP contribution in [0.1, 0.15) is 22.7 Å². The number of halogens is 1. The van der Waals surface area contributed by atoms with E-state index in [-0.39, 0.29) is 23.6 Å². The lowest BCUT2D eigenvalue weighted by molar-refractivity contribution is -0.139. The van der Waals surface area contributed by atoms with Crippen LogP contribution in [0.4, 0.5) is 0 Å². The van der Waals surface area contributed by atoms with Crippen LogP contribution in [0.3, 0.4) is 0 Å². The molecule has 0 aliphatic carbocycles. The number of carbonyl (C=O) groups excluding carboxylic acids is 2. The normalized spacial score (nSPS) is 17.0. The summed E-state index contributed by atoms with van der Waals surface area (Å²) in [4.78, 5) is 27.7. The third-order valence-corrected chi connectivity index (χ3v) is 6.21. The van der Waals surface area contributed by atoms with Gasteiger partial charge >= 0.3 is 0 Å². The number of hydrogen-bond donors (Lipinski definition) is 2. The number of Topliss-reactive ketones (excluding diaryl/α,β-unsaturated/α-hetero) is 1. The number of likely N-dealkylation sites (tertiary alicyclic amines) is 1. The molecule has 35 heavy (non-hydrogen) atoms. The first-order valence-corrected chi connectivity index (χ1v) is 11.3. The fourth-order valence-corrected chi connectivity index (χ4v) is 4.28. The lowest BCUT2D eigenvalue weighted by Crippen LogP contribution is -2.31. The summed E-state index contributed by atoms with van der Waals surface area (Å²) in [5, 5.41) is 21.6. The molecule has 1 aliphatic rings. The van der Waals surface area contributed by atoms with E-state index in [1.165, 1.54) is 31.3 Å². The summed E-state index contributed by atoms with van der Waals surface area (Å²) < 4.78 is 10.6. The summed E-state index contributed by atoms with van der Waals surface area (Å²) in [6.07, 6.45) is 0.481. The van der Waals surface area contributed by atoms with Gasteiger partial charge in [-0.15, -0.1) is 0 Å². The Morgan fingerprint density at radius 3 is 2.23 bits per heavy atom. The van der Waals surface area contributed by atoms with Crippen molar-refractivity contribution >= 4 is 29.1 Å². The van der Waals surface area contributed by atoms with E-state index in [0.29, 0.717) is 34.1 Å². The van der Waals surface area contributed by atoms with Crippen molar-refractivity contribution in [1.29, 1.82) is 0 Å². The molecule has 1 atom stereocenters. The topological polar surface area (TPSA) is 96.3 Å². The molecular formula is C27H24ClNO6. The highest BCUT2D eigenvalue weighted by molar-refractivity contribution is 6.46. The molecule has 4 rings (SSSR count). The first-order chi connectivity index (χ1) is 16.8. The summed E-state index contributed by atoms with van der Waals surface area (Å²) in [6.45, 7) is 0.237. The Kier molecular flexibility index (Phi) is 6.98. The lowest BCUT2D eigenvalue weighted by atomic mass is 9.95. The standard InChI is InChI=1S/C27H24ClNO6/c1-34-21-12-7-18(15-22(21)35-2)25(31)23-24(17-5-10-20(30)11-6-17)29(27(33)26(23)32)14-13-16-3-8-19(28)9-4-16/h3-12,15,24,30-31H,13-14H2,1-2H3/b25-23-. The Morgan fingerprint density at radius 2 is 1.60 bits per heavy atom. The molecule has 0 radical (unpaired) electrons. The SMILES string of the molecule is COc1ccc(/C(O)=C2/C(=O)C(=O)N(CCc3ccc(Cl)cc3)C2c2ccc(O)cc2)cc1OC. The maximum atomic E-state index is 13.2. The van der Waals surface area contributed by atoms with E-state index in [0.717, 1.165) is 5.56 Å². The number of methoxy groups -OCH3 is 2. The highest BCUT2D eigenvalue weighted by Gasteiger charge is 2.45. The van der Waals surface area contributed by atoms with Crippen molar-refractivity contribution in [1.82, 2.24) is 4.90 Å². The fraction of sp³-hybridized carbons (Fsp3) is 0.185. The van der Waals surface area contributed by atoms with Crippen molar-refractivity contribution in [2.45, 2.75) is 12.5 Å². The van der Waals surface area contributed by atoms with Gasteiger partial charge in [0.1, 0.15) is 11.5 Å². The Labute approximate surface area is 207 Å². The second-order valence-electron chi connectivity index (χ2n) is 8.03. The number of amides is 1. The predicted octanol–water partition coefficient (Wildman–Crippen LogP) is 4.73. The predicted molar refractivity (Wildman–Crippen MR) is 132 cm³/mol. The minimum Gasteiger partial charge on any atom is -0.508 e. The maximum Gasteiger partial charge on any atom is 0.295 e. The highest BCUT2D eigenvalue weighted by atomic mass is 35.5. The van der Waals surface area contributed by atoms with Gasteiger partial charge in [-0.2, -0.15) is 0 Å². The molecule has 180 valence electrons. The molecular weight excluding hydrogens is 470 g/mol. The zero-order valence-corrected chi connectivity index (χ0v) is 20.0. The molecule has 1 amide bonds. The minimum atomic E-state index is -0.837. The van der Waals surface area contributed by atoms with E-state index >= 15 is 0 Å². The van der Waals surface area contributed by atoms with Crippen LogP contribution < -0.4 is 9.47 Å². The van der Waals surface area contributed by atoms with Gasteiger partial charge < -0.3 is 24.6 Å². The van der Waals surface area contributed by atoms with Crippen LogP contribution in [0.2, 0.25) is 5.02 Å². The zero-order valence-electron chi connectivity index (χ0n) is 19.2. The molecule has 1 saturated heterocycles. The number of hydrogen-bond acceptors (Lipinski definition) is 6. The number of nitrogens with zero attached hydrogens (tertiary/aromatic N) is 1. The largest absolute Gasteiger partial charge is 0.508 e. The Bertz CT molecular complexity index is 1280.